The van der Waals surface area contributed by atoms with E-state index in [0.717, 1.165) is 41.4 Å². The van der Waals surface area contributed by atoms with Crippen LogP contribution in [0, 0.1) is 0 Å². The summed E-state index contributed by atoms with van der Waals surface area (Å²) in [5.41, 5.74) is 3.19. The van der Waals surface area contributed by atoms with Crippen molar-refractivity contribution in [1.82, 2.24) is 9.97 Å². The molecule has 1 aromatic heterocycles. The minimum atomic E-state index is 0.747. The number of H-pyrrole nitrogens is 1. The third kappa shape index (κ3) is 2.98. The van der Waals surface area contributed by atoms with E-state index < -0.39 is 0 Å². The summed E-state index contributed by atoms with van der Waals surface area (Å²) < 4.78 is 10.6. The molecule has 0 aliphatic heterocycles. The van der Waals surface area contributed by atoms with Gasteiger partial charge in [-0.05, 0) is 36.2 Å². The number of nitrogens with zero attached hydrogens (tertiary/aromatic N) is 1. The molecule has 2 N–H and O–H groups in total. The summed E-state index contributed by atoms with van der Waals surface area (Å²) in [7, 11) is 3.29. The van der Waals surface area contributed by atoms with Gasteiger partial charge < -0.3 is 19.8 Å². The number of anilines is 1. The standard InChI is InChI=1S/C17H19N3O2/c1-21-15-8-7-12(11-16(15)22-2)9-10-18-17-19-13-5-3-4-6-14(13)20-17/h3-8,11H,9-10H2,1-2H3,(H2,18,19,20). The second kappa shape index (κ2) is 6.39. The first-order valence-electron chi connectivity index (χ1n) is 7.19. The molecule has 0 atom stereocenters. The van der Waals surface area contributed by atoms with Crippen LogP contribution in [-0.2, 0) is 6.42 Å². The molecule has 0 bridgehead atoms. The Morgan fingerprint density at radius 3 is 2.64 bits per heavy atom. The first-order chi connectivity index (χ1) is 10.8. The summed E-state index contributed by atoms with van der Waals surface area (Å²) in [5, 5.41) is 3.31. The maximum atomic E-state index is 5.32. The average molecular weight is 297 g/mol. The number of aromatic amines is 1. The summed E-state index contributed by atoms with van der Waals surface area (Å²) in [6.07, 6.45) is 0.872. The van der Waals surface area contributed by atoms with Gasteiger partial charge in [0.1, 0.15) is 0 Å². The number of nitrogens with one attached hydrogen (secondary N) is 2. The van der Waals surface area contributed by atoms with Crippen LogP contribution < -0.4 is 14.8 Å². The summed E-state index contributed by atoms with van der Waals surface area (Å²) in [6, 6.07) is 14.0. The zero-order valence-corrected chi connectivity index (χ0v) is 12.7. The Labute approximate surface area is 129 Å². The summed E-state index contributed by atoms with van der Waals surface area (Å²) in [4.78, 5) is 7.75. The summed E-state index contributed by atoms with van der Waals surface area (Å²) in [5.74, 6) is 2.29. The molecule has 0 spiro atoms. The van der Waals surface area contributed by atoms with Crippen LogP contribution in [-0.4, -0.2) is 30.7 Å². The SMILES string of the molecule is COc1ccc(CCNc2nc3ccccc3[nH]2)cc1OC. The normalized spacial score (nSPS) is 10.6. The zero-order chi connectivity index (χ0) is 15.4. The average Bonchev–Trinajstić information content (AvgIpc) is 2.97. The van der Waals surface area contributed by atoms with Crippen LogP contribution in [0.2, 0.25) is 0 Å². The van der Waals surface area contributed by atoms with Crippen LogP contribution in [0.3, 0.4) is 0 Å². The van der Waals surface area contributed by atoms with Crippen molar-refractivity contribution in [3.8, 4) is 11.5 Å². The van der Waals surface area contributed by atoms with E-state index >= 15 is 0 Å². The van der Waals surface area contributed by atoms with E-state index in [9.17, 15) is 0 Å². The molecule has 0 unspecified atom stereocenters. The van der Waals surface area contributed by atoms with E-state index in [1.54, 1.807) is 14.2 Å². The fourth-order valence-corrected chi connectivity index (χ4v) is 2.40. The third-order valence-electron chi connectivity index (χ3n) is 3.54. The smallest absolute Gasteiger partial charge is 0.201 e. The lowest BCUT2D eigenvalue weighted by Gasteiger charge is -2.09. The molecule has 0 amide bonds. The van der Waals surface area contributed by atoms with Gasteiger partial charge in [-0.15, -0.1) is 0 Å². The largest absolute Gasteiger partial charge is 0.493 e. The molecule has 0 aliphatic carbocycles. The lowest BCUT2D eigenvalue weighted by atomic mass is 10.1. The van der Waals surface area contributed by atoms with Gasteiger partial charge in [0.2, 0.25) is 5.95 Å². The Balaban J connectivity index is 1.63. The first-order valence-corrected chi connectivity index (χ1v) is 7.19. The Morgan fingerprint density at radius 1 is 1.05 bits per heavy atom. The zero-order valence-electron chi connectivity index (χ0n) is 12.7. The number of ether oxygens (including phenoxy) is 2. The van der Waals surface area contributed by atoms with Crippen molar-refractivity contribution in [2.24, 2.45) is 0 Å². The minimum Gasteiger partial charge on any atom is -0.493 e. The molecular formula is C17H19N3O2. The van der Waals surface area contributed by atoms with Gasteiger partial charge in [-0.3, -0.25) is 0 Å². The van der Waals surface area contributed by atoms with Gasteiger partial charge in [0.25, 0.3) is 0 Å². The van der Waals surface area contributed by atoms with Crippen molar-refractivity contribution < 1.29 is 9.47 Å². The summed E-state index contributed by atoms with van der Waals surface area (Å²) in [6.45, 7) is 0.787. The number of benzene rings is 2. The molecule has 5 nitrogen and oxygen atoms in total. The lowest BCUT2D eigenvalue weighted by Crippen LogP contribution is -2.06. The lowest BCUT2D eigenvalue weighted by molar-refractivity contribution is 0.354. The number of hydrogen-bond donors (Lipinski definition) is 2. The molecule has 22 heavy (non-hydrogen) atoms. The molecule has 0 radical (unpaired) electrons. The molecule has 1 heterocycles. The van der Waals surface area contributed by atoms with Crippen LogP contribution in [0.4, 0.5) is 5.95 Å². The molecule has 114 valence electrons. The van der Waals surface area contributed by atoms with E-state index in [4.69, 9.17) is 9.47 Å². The highest BCUT2D eigenvalue weighted by molar-refractivity contribution is 5.77. The molecule has 5 heteroatoms. The highest BCUT2D eigenvalue weighted by Gasteiger charge is 2.05. The number of para-hydroxylation sites is 2. The summed E-state index contributed by atoms with van der Waals surface area (Å²) >= 11 is 0. The maximum Gasteiger partial charge on any atom is 0.201 e. The van der Waals surface area contributed by atoms with E-state index in [0.29, 0.717) is 0 Å². The molecule has 0 saturated carbocycles. The molecule has 3 rings (SSSR count). The topological polar surface area (TPSA) is 59.2 Å². The van der Waals surface area contributed by atoms with Crippen molar-refractivity contribution in [3.05, 3.63) is 48.0 Å². The van der Waals surface area contributed by atoms with Gasteiger partial charge in [0, 0.05) is 6.54 Å². The molecule has 2 aromatic carbocycles. The van der Waals surface area contributed by atoms with Gasteiger partial charge >= 0.3 is 0 Å². The van der Waals surface area contributed by atoms with Gasteiger partial charge in [-0.25, -0.2) is 4.98 Å². The van der Waals surface area contributed by atoms with Crippen molar-refractivity contribution in [3.63, 3.8) is 0 Å². The van der Waals surface area contributed by atoms with Crippen molar-refractivity contribution in [1.29, 1.82) is 0 Å². The predicted octanol–water partition coefficient (Wildman–Crippen LogP) is 3.23. The Morgan fingerprint density at radius 2 is 1.86 bits per heavy atom. The third-order valence-corrected chi connectivity index (χ3v) is 3.54. The monoisotopic (exact) mass is 297 g/mol. The number of fused-ring (bicyclic) bond motifs is 1. The van der Waals surface area contributed by atoms with Crippen LogP contribution in [0.25, 0.3) is 11.0 Å². The number of aromatic nitrogens is 2. The number of imidazole rings is 1. The quantitative estimate of drug-likeness (QED) is 0.733. The predicted molar refractivity (Wildman–Crippen MR) is 87.8 cm³/mol. The minimum absolute atomic E-state index is 0.747. The molecular weight excluding hydrogens is 278 g/mol. The Kier molecular flexibility index (Phi) is 4.14. The van der Waals surface area contributed by atoms with E-state index in [1.165, 1.54) is 5.56 Å². The van der Waals surface area contributed by atoms with E-state index in [1.807, 2.05) is 42.5 Å². The van der Waals surface area contributed by atoms with E-state index in [-0.39, 0.29) is 0 Å². The van der Waals surface area contributed by atoms with Crippen LogP contribution in [0.5, 0.6) is 11.5 Å². The molecule has 0 saturated heterocycles. The van der Waals surface area contributed by atoms with Crippen molar-refractivity contribution in [2.75, 3.05) is 26.1 Å². The second-order valence-corrected chi connectivity index (χ2v) is 4.97. The van der Waals surface area contributed by atoms with Crippen molar-refractivity contribution in [2.45, 2.75) is 6.42 Å². The van der Waals surface area contributed by atoms with Crippen LogP contribution in [0.15, 0.2) is 42.5 Å². The second-order valence-electron chi connectivity index (χ2n) is 4.97. The first kappa shape index (κ1) is 14.3. The highest BCUT2D eigenvalue weighted by Crippen LogP contribution is 2.27. The van der Waals surface area contributed by atoms with Crippen LogP contribution in [0.1, 0.15) is 5.56 Å². The Hall–Kier alpha value is -2.69. The number of hydrogen-bond acceptors (Lipinski definition) is 4. The van der Waals surface area contributed by atoms with Crippen LogP contribution >= 0.6 is 0 Å². The maximum absolute atomic E-state index is 5.32. The fourth-order valence-electron chi connectivity index (χ4n) is 2.40. The van der Waals surface area contributed by atoms with Gasteiger partial charge in [-0.2, -0.15) is 0 Å². The number of methoxy groups -OCH3 is 2. The fraction of sp³-hybridized carbons (Fsp3) is 0.235. The molecule has 0 fully saturated rings. The van der Waals surface area contributed by atoms with Gasteiger partial charge in [-0.1, -0.05) is 18.2 Å². The molecule has 0 aliphatic rings. The molecule has 3 aromatic rings. The number of rotatable bonds is 6. The Bertz CT molecular complexity index is 734. The van der Waals surface area contributed by atoms with Crippen molar-refractivity contribution >= 4 is 17.0 Å². The van der Waals surface area contributed by atoms with Gasteiger partial charge in [0.05, 0.1) is 25.3 Å². The van der Waals surface area contributed by atoms with Gasteiger partial charge in [0.15, 0.2) is 11.5 Å². The highest BCUT2D eigenvalue weighted by atomic mass is 16.5. The van der Waals surface area contributed by atoms with E-state index in [2.05, 4.69) is 15.3 Å².